The average molecular weight is 851 g/mol. The summed E-state index contributed by atoms with van der Waals surface area (Å²) < 4.78 is 3.74. The minimum atomic E-state index is -0.125. The van der Waals surface area contributed by atoms with Crippen LogP contribution >= 0.6 is 0 Å². The molecule has 0 aliphatic rings. The standard InChI is InChI=1S/2C18H19N2O.C5H8O2.Ir/c2*1-2-3-4-7-13-20-16-11-8-12-19-17(16)14-9-5-6-10-15(14)18(20)21;1-4(6)3-5(2)7;/h2*5-6,8,10-12H,2-4,7,13H2,1H3;3,6H,1-2H3;/q2*-1;;/b;;4-3-;. The van der Waals surface area contributed by atoms with Crippen LogP contribution in [-0.2, 0) is 38.0 Å². The zero-order chi connectivity index (χ0) is 35.2. The molecule has 265 valence electrons. The molecule has 6 aromatic rings. The second-order valence-electron chi connectivity index (χ2n) is 12.1. The first kappa shape index (κ1) is 40.0. The van der Waals surface area contributed by atoms with E-state index in [1.165, 1.54) is 45.6 Å². The fourth-order valence-corrected chi connectivity index (χ4v) is 5.88. The number of rotatable bonds is 11. The number of unbranched alkanes of at least 4 members (excludes halogenated alkanes) is 6. The molecule has 0 saturated carbocycles. The predicted molar refractivity (Wildman–Crippen MR) is 200 cm³/mol. The van der Waals surface area contributed by atoms with Gasteiger partial charge in [-0.1, -0.05) is 52.4 Å². The summed E-state index contributed by atoms with van der Waals surface area (Å²) in [6.07, 6.45) is 13.9. The first-order valence-electron chi connectivity index (χ1n) is 17.2. The summed E-state index contributed by atoms with van der Waals surface area (Å²) in [4.78, 5) is 44.4. The molecule has 0 unspecified atom stereocenters. The molecule has 0 spiro atoms. The fraction of sp³-hybridized carbons (Fsp3) is 0.341. The van der Waals surface area contributed by atoms with Crippen LogP contribution in [0.4, 0.5) is 0 Å². The molecule has 50 heavy (non-hydrogen) atoms. The maximum atomic E-state index is 12.7. The molecule has 0 aliphatic carbocycles. The van der Waals surface area contributed by atoms with Gasteiger partial charge in [0.25, 0.3) is 0 Å². The number of fused-ring (bicyclic) bond motifs is 6. The van der Waals surface area contributed by atoms with E-state index < -0.39 is 0 Å². The molecule has 0 aliphatic heterocycles. The number of aromatic nitrogens is 4. The molecule has 0 saturated heterocycles. The summed E-state index contributed by atoms with van der Waals surface area (Å²) in [5.41, 5.74) is 3.69. The Labute approximate surface area is 307 Å². The predicted octanol–water partition coefficient (Wildman–Crippen LogP) is 8.90. The van der Waals surface area contributed by atoms with Crippen LogP contribution in [0.3, 0.4) is 0 Å². The maximum absolute atomic E-state index is 12.7. The molecule has 6 rings (SSSR count). The van der Waals surface area contributed by atoms with Crippen molar-refractivity contribution in [3.63, 3.8) is 0 Å². The van der Waals surface area contributed by atoms with Crippen LogP contribution in [0.2, 0.25) is 0 Å². The van der Waals surface area contributed by atoms with Crippen LogP contribution in [0, 0.1) is 12.1 Å². The summed E-state index contributed by atoms with van der Waals surface area (Å²) in [7, 11) is 0. The van der Waals surface area contributed by atoms with E-state index in [9.17, 15) is 14.4 Å². The van der Waals surface area contributed by atoms with Crippen molar-refractivity contribution in [2.24, 2.45) is 0 Å². The van der Waals surface area contributed by atoms with E-state index >= 15 is 0 Å². The number of hydrogen-bond acceptors (Lipinski definition) is 6. The zero-order valence-corrected chi connectivity index (χ0v) is 31.8. The molecule has 8 nitrogen and oxygen atoms in total. The average Bonchev–Trinajstić information content (AvgIpc) is 3.11. The zero-order valence-electron chi connectivity index (χ0n) is 29.4. The molecule has 1 N–H and O–H groups in total. The number of allylic oxidation sites excluding steroid dienone is 2. The fourth-order valence-electron chi connectivity index (χ4n) is 5.88. The number of aryl methyl sites for hydroxylation is 2. The number of hydrogen-bond donors (Lipinski definition) is 1. The Kier molecular flexibility index (Phi) is 16.2. The number of pyridine rings is 4. The van der Waals surface area contributed by atoms with Crippen molar-refractivity contribution in [2.45, 2.75) is 92.2 Å². The molecule has 0 bridgehead atoms. The molecule has 1 radical (unpaired) electrons. The van der Waals surface area contributed by atoms with Gasteiger partial charge in [0.05, 0.1) is 5.76 Å². The number of benzene rings is 2. The van der Waals surface area contributed by atoms with Gasteiger partial charge < -0.3 is 24.2 Å². The van der Waals surface area contributed by atoms with Gasteiger partial charge in [-0.3, -0.25) is 14.4 Å². The van der Waals surface area contributed by atoms with Crippen molar-refractivity contribution in [2.75, 3.05) is 0 Å². The Morgan fingerprint density at radius 1 is 0.700 bits per heavy atom. The Bertz CT molecular complexity index is 2030. The smallest absolute Gasteiger partial charge is 0.215 e. The molecule has 4 heterocycles. The van der Waals surface area contributed by atoms with Crippen LogP contribution in [0.25, 0.3) is 43.6 Å². The van der Waals surface area contributed by atoms with Gasteiger partial charge in [0.15, 0.2) is 5.78 Å². The van der Waals surface area contributed by atoms with E-state index in [0.29, 0.717) is 10.8 Å². The van der Waals surface area contributed by atoms with E-state index in [4.69, 9.17) is 5.11 Å². The van der Waals surface area contributed by atoms with Gasteiger partial charge in [0, 0.05) is 73.7 Å². The minimum absolute atomic E-state index is 0. The Morgan fingerprint density at radius 2 is 1.14 bits per heavy atom. The Balaban J connectivity index is 0.000000224. The van der Waals surface area contributed by atoms with E-state index in [2.05, 4.69) is 35.9 Å². The SMILES string of the molecule is CC(=O)/C=C(/C)O.CCCCCCn1c(=O)c2ccc[c-]c2c2ncccc21.CCCCCCn1c(=O)c2ccc[c-]c2c2ncccc21.[Ir]. The largest absolute Gasteiger partial charge is 0.512 e. The van der Waals surface area contributed by atoms with Crippen molar-refractivity contribution in [3.8, 4) is 0 Å². The van der Waals surface area contributed by atoms with Crippen molar-refractivity contribution >= 4 is 49.4 Å². The summed E-state index contributed by atoms with van der Waals surface area (Å²) >= 11 is 0. The monoisotopic (exact) mass is 851 g/mol. The van der Waals surface area contributed by atoms with Crippen LogP contribution in [0.5, 0.6) is 0 Å². The molecule has 4 aromatic heterocycles. The number of aliphatic hydroxyl groups is 1. The summed E-state index contributed by atoms with van der Waals surface area (Å²) in [6.45, 7) is 8.74. The van der Waals surface area contributed by atoms with E-state index in [1.54, 1.807) is 12.4 Å². The first-order chi connectivity index (χ1) is 23.8. The van der Waals surface area contributed by atoms with Crippen molar-refractivity contribution in [1.82, 2.24) is 19.1 Å². The maximum Gasteiger partial charge on any atom is 0.215 e. The Morgan fingerprint density at radius 3 is 1.50 bits per heavy atom. The summed E-state index contributed by atoms with van der Waals surface area (Å²) in [5, 5.41) is 11.4. The summed E-state index contributed by atoms with van der Waals surface area (Å²) in [6, 6.07) is 25.2. The van der Waals surface area contributed by atoms with Gasteiger partial charge in [0.1, 0.15) is 0 Å². The normalized spacial score (nSPS) is 11.1. The number of ketones is 1. The van der Waals surface area contributed by atoms with Gasteiger partial charge >= 0.3 is 0 Å². The van der Waals surface area contributed by atoms with Crippen LogP contribution in [0.15, 0.2) is 94.5 Å². The van der Waals surface area contributed by atoms with E-state index in [1.807, 2.05) is 69.8 Å². The Hall–Kier alpha value is -4.46. The van der Waals surface area contributed by atoms with Crippen LogP contribution < -0.4 is 11.1 Å². The molecule has 0 fully saturated rings. The molecule has 9 heteroatoms. The number of carbonyl (C=O) groups excluding carboxylic acids is 1. The summed E-state index contributed by atoms with van der Waals surface area (Å²) in [5.74, 6) is -0.0625. The van der Waals surface area contributed by atoms with Gasteiger partial charge in [-0.05, 0) is 61.7 Å². The second kappa shape index (κ2) is 20.3. The number of carbonyl (C=O) groups is 1. The third-order valence-corrected chi connectivity index (χ3v) is 8.17. The third kappa shape index (κ3) is 10.3. The first-order valence-corrected chi connectivity index (χ1v) is 17.2. The molecular formula is C41H46IrN4O4-2. The molecule has 0 atom stereocenters. The van der Waals surface area contributed by atoms with Gasteiger partial charge in [0.2, 0.25) is 11.1 Å². The molecular weight excluding hydrogens is 805 g/mol. The van der Waals surface area contributed by atoms with E-state index in [0.717, 1.165) is 71.6 Å². The molecule has 2 aromatic carbocycles. The number of nitrogens with zero attached hydrogens (tertiary/aromatic N) is 4. The van der Waals surface area contributed by atoms with Crippen LogP contribution in [0.1, 0.15) is 79.1 Å². The van der Waals surface area contributed by atoms with Crippen molar-refractivity contribution < 1.29 is 30.0 Å². The van der Waals surface area contributed by atoms with Gasteiger partial charge in [-0.25, -0.2) is 0 Å². The van der Waals surface area contributed by atoms with Crippen molar-refractivity contribution in [3.05, 3.63) is 118 Å². The van der Waals surface area contributed by atoms with E-state index in [-0.39, 0.29) is 42.8 Å². The topological polar surface area (TPSA) is 107 Å². The quantitative estimate of drug-likeness (QED) is 0.0459. The third-order valence-electron chi connectivity index (χ3n) is 8.17. The number of aliphatic hydroxyl groups excluding tert-OH is 1. The second-order valence-corrected chi connectivity index (χ2v) is 12.1. The van der Waals surface area contributed by atoms with Crippen LogP contribution in [-0.4, -0.2) is 30.0 Å². The van der Waals surface area contributed by atoms with Gasteiger partial charge in [-0.15, -0.1) is 59.3 Å². The van der Waals surface area contributed by atoms with Crippen molar-refractivity contribution in [1.29, 1.82) is 0 Å². The van der Waals surface area contributed by atoms with Gasteiger partial charge in [-0.2, -0.15) is 0 Å². The minimum Gasteiger partial charge on any atom is -0.512 e. The molecule has 0 amide bonds.